The molecule has 2 saturated carbocycles. The molecule has 2 aromatic rings. The number of carbonyl (C=O) groups is 1. The van der Waals surface area contributed by atoms with Gasteiger partial charge in [-0.2, -0.15) is 0 Å². The number of hydrogen-bond donors (Lipinski definition) is 2. The van der Waals surface area contributed by atoms with Crippen LogP contribution in [-0.4, -0.2) is 48.0 Å². The lowest BCUT2D eigenvalue weighted by Crippen LogP contribution is -2.39. The molecule has 2 N–H and O–H groups in total. The summed E-state index contributed by atoms with van der Waals surface area (Å²) in [7, 11) is 4.21. The Morgan fingerprint density at radius 3 is 2.53 bits per heavy atom. The molecule has 36 heavy (non-hydrogen) atoms. The predicted octanol–water partition coefficient (Wildman–Crippen LogP) is 4.50. The lowest BCUT2D eigenvalue weighted by Gasteiger charge is -2.35. The maximum Gasteiger partial charge on any atom is 0.253 e. The summed E-state index contributed by atoms with van der Waals surface area (Å²) in [5.74, 6) is 1.58. The fraction of sp³-hybridized carbons (Fsp3) is 0.536. The van der Waals surface area contributed by atoms with Gasteiger partial charge in [0, 0.05) is 47.7 Å². The summed E-state index contributed by atoms with van der Waals surface area (Å²) in [6.07, 6.45) is 6.33. The molecule has 2 aliphatic carbocycles. The monoisotopic (exact) mass is 512 g/mol. The number of nitrogens with one attached hydrogen (secondary N) is 2. The molecule has 0 bridgehead atoms. The normalized spacial score (nSPS) is 21.3. The number of pyridine rings is 1. The molecule has 3 aliphatic rings. The molecule has 1 atom stereocenters. The zero-order valence-electron chi connectivity index (χ0n) is 21.5. The number of nitrogens with zero attached hydrogens (tertiary/aromatic N) is 1. The number of carbonyl (C=O) groups excluding carboxylic acids is 1. The van der Waals surface area contributed by atoms with E-state index >= 15 is 0 Å². The number of aromatic amines is 1. The van der Waals surface area contributed by atoms with Gasteiger partial charge in [0.05, 0.1) is 5.02 Å². The third kappa shape index (κ3) is 4.90. The third-order valence-electron chi connectivity index (χ3n) is 7.86. The number of ether oxygens (including phenoxy) is 2. The number of amides is 1. The standard InChI is InChI=1S/C28H34ClN3O4/c1-15-11-21(17-5-6-17)22(28(34)31-15)13-30-27(33)20-12-23(29)26-25(16(20)2)36-24(14-35-26)18-7-9-19(10-8-18)32(3)4/h11-12,17-18,24H,5-10,13-14H2,1-4H3,(H-,30,31,33,34)/p+1/t24-/m1/s1. The average Bonchev–Trinajstić information content (AvgIpc) is 3.70. The highest BCUT2D eigenvalue weighted by molar-refractivity contribution is 6.32. The quantitative estimate of drug-likeness (QED) is 0.578. The first-order valence-corrected chi connectivity index (χ1v) is 13.3. The average molecular weight is 513 g/mol. The molecule has 0 unspecified atom stereocenters. The van der Waals surface area contributed by atoms with Crippen molar-refractivity contribution < 1.29 is 18.8 Å². The summed E-state index contributed by atoms with van der Waals surface area (Å²) < 4.78 is 14.7. The molecule has 1 aromatic heterocycles. The lowest BCUT2D eigenvalue weighted by molar-refractivity contribution is -0.467. The number of rotatable bonds is 5. The molecular weight excluding hydrogens is 478 g/mol. The minimum Gasteiger partial charge on any atom is -0.484 e. The first-order valence-electron chi connectivity index (χ1n) is 12.9. The Morgan fingerprint density at radius 1 is 1.14 bits per heavy atom. The smallest absolute Gasteiger partial charge is 0.253 e. The van der Waals surface area contributed by atoms with Gasteiger partial charge in [0.1, 0.15) is 26.8 Å². The Morgan fingerprint density at radius 2 is 1.86 bits per heavy atom. The van der Waals surface area contributed by atoms with Crippen molar-refractivity contribution in [3.05, 3.63) is 55.5 Å². The molecule has 7 nitrogen and oxygen atoms in total. The molecule has 1 aromatic carbocycles. The number of benzene rings is 1. The first kappa shape index (κ1) is 24.9. The van der Waals surface area contributed by atoms with E-state index in [0.29, 0.717) is 51.7 Å². The van der Waals surface area contributed by atoms with Gasteiger partial charge in [0.25, 0.3) is 11.5 Å². The fourth-order valence-electron chi connectivity index (χ4n) is 5.54. The Balaban J connectivity index is 1.33. The second kappa shape index (κ2) is 9.92. The van der Waals surface area contributed by atoms with Crippen LogP contribution in [0.2, 0.25) is 5.02 Å². The van der Waals surface area contributed by atoms with Crippen LogP contribution < -0.4 is 20.3 Å². The molecule has 1 aliphatic heterocycles. The number of aryl methyl sites for hydroxylation is 1. The van der Waals surface area contributed by atoms with Crippen molar-refractivity contribution in [2.75, 3.05) is 20.7 Å². The van der Waals surface area contributed by atoms with Gasteiger partial charge in [0.15, 0.2) is 17.2 Å². The predicted molar refractivity (Wildman–Crippen MR) is 140 cm³/mol. The van der Waals surface area contributed by atoms with Gasteiger partial charge in [-0.3, -0.25) is 9.59 Å². The topological polar surface area (TPSA) is 83.4 Å². The molecule has 2 fully saturated rings. The molecule has 5 rings (SSSR count). The van der Waals surface area contributed by atoms with Crippen molar-refractivity contribution in [3.63, 3.8) is 0 Å². The van der Waals surface area contributed by atoms with Crippen LogP contribution >= 0.6 is 11.6 Å². The summed E-state index contributed by atoms with van der Waals surface area (Å²) in [6.45, 7) is 4.38. The van der Waals surface area contributed by atoms with Crippen LogP contribution in [0.5, 0.6) is 11.5 Å². The second-order valence-corrected chi connectivity index (χ2v) is 11.0. The number of H-pyrrole nitrogens is 1. The van der Waals surface area contributed by atoms with Gasteiger partial charge in [-0.05, 0) is 63.1 Å². The van der Waals surface area contributed by atoms with E-state index in [1.807, 2.05) is 19.9 Å². The summed E-state index contributed by atoms with van der Waals surface area (Å²) >= 11 is 6.54. The van der Waals surface area contributed by atoms with Gasteiger partial charge in [-0.15, -0.1) is 0 Å². The summed E-state index contributed by atoms with van der Waals surface area (Å²) in [4.78, 5) is 28.7. The van der Waals surface area contributed by atoms with Crippen molar-refractivity contribution >= 4 is 23.2 Å². The molecule has 192 valence electrons. The Kier molecular flexibility index (Phi) is 6.86. The Bertz CT molecular complexity index is 1280. The van der Waals surface area contributed by atoms with Crippen LogP contribution in [0.25, 0.3) is 0 Å². The number of aromatic nitrogens is 1. The second-order valence-electron chi connectivity index (χ2n) is 10.6. The highest BCUT2D eigenvalue weighted by atomic mass is 35.5. The van der Waals surface area contributed by atoms with Crippen molar-refractivity contribution in [1.29, 1.82) is 0 Å². The molecule has 1 amide bonds. The van der Waals surface area contributed by atoms with Gasteiger partial charge < -0.3 is 19.8 Å². The highest BCUT2D eigenvalue weighted by Crippen LogP contribution is 2.45. The van der Waals surface area contributed by atoms with E-state index in [0.717, 1.165) is 49.8 Å². The van der Waals surface area contributed by atoms with E-state index in [-0.39, 0.29) is 24.1 Å². The highest BCUT2D eigenvalue weighted by Gasteiger charge is 2.35. The van der Waals surface area contributed by atoms with Crippen LogP contribution in [0.3, 0.4) is 0 Å². The zero-order valence-corrected chi connectivity index (χ0v) is 22.3. The fourth-order valence-corrected chi connectivity index (χ4v) is 5.79. The Hall–Kier alpha value is -2.80. The van der Waals surface area contributed by atoms with E-state index in [9.17, 15) is 9.59 Å². The largest absolute Gasteiger partial charge is 0.484 e. The van der Waals surface area contributed by atoms with E-state index < -0.39 is 0 Å². The molecule has 2 heterocycles. The van der Waals surface area contributed by atoms with Crippen LogP contribution in [0.4, 0.5) is 0 Å². The van der Waals surface area contributed by atoms with E-state index in [2.05, 4.69) is 29.0 Å². The molecule has 0 spiro atoms. The van der Waals surface area contributed by atoms with Crippen LogP contribution in [0.15, 0.2) is 16.9 Å². The van der Waals surface area contributed by atoms with Crippen molar-refractivity contribution in [2.45, 2.75) is 70.9 Å². The first-order chi connectivity index (χ1) is 17.2. The van der Waals surface area contributed by atoms with Gasteiger partial charge in [-0.25, -0.2) is 4.58 Å². The minimum atomic E-state index is -0.285. The maximum absolute atomic E-state index is 13.2. The van der Waals surface area contributed by atoms with Crippen LogP contribution in [0.1, 0.15) is 77.2 Å². The SMILES string of the molecule is Cc1cc(C2CC2)c(CNC(=O)c2cc(Cl)c3c(c2C)O[C@@H](C2CCC(=[N+](C)C)CC2)CO3)c(=O)[nH]1. The zero-order chi connectivity index (χ0) is 25.6. The van der Waals surface area contributed by atoms with Crippen LogP contribution in [-0.2, 0) is 6.54 Å². The molecule has 0 saturated heterocycles. The number of halogens is 1. The number of hydrogen-bond acceptors (Lipinski definition) is 4. The number of fused-ring (bicyclic) bond motifs is 1. The third-order valence-corrected chi connectivity index (χ3v) is 8.14. The molecular formula is C28H35ClN3O4+. The maximum atomic E-state index is 13.2. The van der Waals surface area contributed by atoms with E-state index in [4.69, 9.17) is 21.1 Å². The summed E-state index contributed by atoms with van der Waals surface area (Å²) in [6, 6.07) is 3.66. The molecule has 0 radical (unpaired) electrons. The summed E-state index contributed by atoms with van der Waals surface area (Å²) in [5, 5.41) is 3.30. The van der Waals surface area contributed by atoms with E-state index in [1.165, 1.54) is 5.71 Å². The van der Waals surface area contributed by atoms with Crippen molar-refractivity contribution in [1.82, 2.24) is 10.3 Å². The van der Waals surface area contributed by atoms with Crippen molar-refractivity contribution in [3.8, 4) is 11.5 Å². The minimum absolute atomic E-state index is 0.0680. The van der Waals surface area contributed by atoms with Crippen LogP contribution in [0, 0.1) is 19.8 Å². The lowest BCUT2D eigenvalue weighted by atomic mass is 9.84. The van der Waals surface area contributed by atoms with Gasteiger partial charge in [-0.1, -0.05) is 11.6 Å². The van der Waals surface area contributed by atoms with E-state index in [1.54, 1.807) is 6.07 Å². The Labute approximate surface area is 216 Å². The molecule has 8 heteroatoms. The van der Waals surface area contributed by atoms with Gasteiger partial charge >= 0.3 is 0 Å². The van der Waals surface area contributed by atoms with Gasteiger partial charge in [0.2, 0.25) is 0 Å². The summed E-state index contributed by atoms with van der Waals surface area (Å²) in [5.41, 5.74) is 4.98. The van der Waals surface area contributed by atoms with Crippen molar-refractivity contribution in [2.24, 2.45) is 5.92 Å².